The molecule has 6 fully saturated rings. The van der Waals surface area contributed by atoms with Crippen molar-refractivity contribution in [1.29, 1.82) is 0 Å². The van der Waals surface area contributed by atoms with Gasteiger partial charge in [-0.05, 0) is 126 Å². The summed E-state index contributed by atoms with van der Waals surface area (Å²) in [5, 5.41) is 17.5. The summed E-state index contributed by atoms with van der Waals surface area (Å²) < 4.78 is 7.68. The Morgan fingerprint density at radius 3 is 2.33 bits per heavy atom. The highest BCUT2D eigenvalue weighted by Gasteiger charge is 2.52. The maximum atomic E-state index is 13.7. The zero-order valence-corrected chi connectivity index (χ0v) is 27.9. The molecule has 0 radical (unpaired) electrons. The molecule has 5 saturated carbocycles. The molecule has 2 N–H and O–H groups in total. The van der Waals surface area contributed by atoms with E-state index in [2.05, 4.69) is 36.5 Å². The first-order valence-corrected chi connectivity index (χ1v) is 18.2. The zero-order valence-electron chi connectivity index (χ0n) is 27.9. The van der Waals surface area contributed by atoms with Gasteiger partial charge in [0, 0.05) is 35.5 Å². The lowest BCUT2D eigenvalue weighted by molar-refractivity contribution is -0.121. The maximum absolute atomic E-state index is 13.7. The van der Waals surface area contributed by atoms with Gasteiger partial charge in [0.05, 0.1) is 25.4 Å². The minimum atomic E-state index is -0.443. The van der Waals surface area contributed by atoms with Crippen molar-refractivity contribution in [3.8, 4) is 11.1 Å². The number of aliphatic hydroxyl groups excluding tert-OH is 1. The molecule has 2 aromatic heterocycles. The van der Waals surface area contributed by atoms with E-state index in [-0.39, 0.29) is 35.5 Å². The number of carbonyl (C=O) groups is 2. The summed E-state index contributed by atoms with van der Waals surface area (Å²) in [4.78, 5) is 32.4. The average Bonchev–Trinajstić information content (AvgIpc) is 3.56. The maximum Gasteiger partial charge on any atom is 0.410 e. The predicted molar refractivity (Wildman–Crippen MR) is 177 cm³/mol. The van der Waals surface area contributed by atoms with E-state index in [1.165, 1.54) is 75.5 Å². The van der Waals surface area contributed by atoms with E-state index in [0.717, 1.165) is 29.0 Å². The van der Waals surface area contributed by atoms with Crippen molar-refractivity contribution in [2.45, 2.75) is 135 Å². The number of hydrogen-bond donors (Lipinski definition) is 2. The van der Waals surface area contributed by atoms with Crippen molar-refractivity contribution in [1.82, 2.24) is 19.7 Å². The van der Waals surface area contributed by atoms with E-state index >= 15 is 0 Å². The van der Waals surface area contributed by atoms with Gasteiger partial charge in [-0.15, -0.1) is 0 Å². The molecule has 6 aliphatic rings. The fraction of sp³-hybridized carbons (Fsp3) is 0.730. The Morgan fingerprint density at radius 1 is 1.00 bits per heavy atom. The number of anilines is 1. The normalized spacial score (nSPS) is 30.3. The largest absolute Gasteiger partial charge is 0.446 e. The van der Waals surface area contributed by atoms with Crippen LogP contribution in [0.2, 0.25) is 0 Å². The number of nitrogens with zero attached hydrogens (tertiary/aromatic N) is 4. The van der Waals surface area contributed by atoms with Gasteiger partial charge in [-0.25, -0.2) is 9.78 Å². The Kier molecular flexibility index (Phi) is 8.89. The molecule has 0 unspecified atom stereocenters. The summed E-state index contributed by atoms with van der Waals surface area (Å²) in [6.45, 7) is 4.96. The monoisotopic (exact) mass is 631 g/mol. The van der Waals surface area contributed by atoms with Gasteiger partial charge in [0.15, 0.2) is 0 Å². The molecule has 250 valence electrons. The molecular weight excluding hydrogens is 578 g/mol. The molecule has 1 saturated heterocycles. The Bertz CT molecular complexity index is 1380. The Hall–Kier alpha value is -2.94. The molecule has 3 heterocycles. The van der Waals surface area contributed by atoms with Gasteiger partial charge in [0.1, 0.15) is 11.9 Å². The van der Waals surface area contributed by atoms with E-state index in [9.17, 15) is 14.7 Å². The van der Waals surface area contributed by atoms with Crippen molar-refractivity contribution >= 4 is 17.8 Å². The molecule has 1 aliphatic heterocycles. The van der Waals surface area contributed by atoms with Crippen LogP contribution in [0.4, 0.5) is 10.6 Å². The lowest BCUT2D eigenvalue weighted by Crippen LogP contribution is -2.54. The zero-order chi connectivity index (χ0) is 31.9. The molecule has 0 spiro atoms. The number of rotatable bonds is 8. The van der Waals surface area contributed by atoms with Crippen molar-refractivity contribution < 1.29 is 19.4 Å². The van der Waals surface area contributed by atoms with Crippen LogP contribution < -0.4 is 5.32 Å². The second-order valence-electron chi connectivity index (χ2n) is 15.8. The van der Waals surface area contributed by atoms with Gasteiger partial charge in [0.2, 0.25) is 5.91 Å². The van der Waals surface area contributed by atoms with Crippen LogP contribution in [0.3, 0.4) is 0 Å². The third-order valence-electron chi connectivity index (χ3n) is 12.7. The highest BCUT2D eigenvalue weighted by atomic mass is 16.6. The average molecular weight is 632 g/mol. The Morgan fingerprint density at radius 2 is 1.70 bits per heavy atom. The van der Waals surface area contributed by atoms with E-state index in [4.69, 9.17) is 9.72 Å². The predicted octanol–water partition coefficient (Wildman–Crippen LogP) is 7.30. The van der Waals surface area contributed by atoms with Gasteiger partial charge in [0.25, 0.3) is 0 Å². The van der Waals surface area contributed by atoms with Crippen molar-refractivity contribution in [2.75, 3.05) is 18.4 Å². The Labute approximate surface area is 273 Å². The molecule has 2 aromatic rings. The molecule has 5 aliphatic carbocycles. The van der Waals surface area contributed by atoms with Gasteiger partial charge < -0.3 is 20.1 Å². The number of amides is 2. The number of fused-ring (bicyclic) bond motifs is 3. The van der Waals surface area contributed by atoms with Crippen molar-refractivity contribution in [3.63, 3.8) is 0 Å². The molecule has 0 atom stereocenters. The second-order valence-corrected chi connectivity index (χ2v) is 15.8. The number of aromatic nitrogens is 3. The summed E-state index contributed by atoms with van der Waals surface area (Å²) in [5.41, 5.74) is 4.20. The minimum Gasteiger partial charge on any atom is -0.446 e. The lowest BCUT2D eigenvalue weighted by atomic mass is 9.48. The lowest BCUT2D eigenvalue weighted by Gasteiger charge is -2.57. The van der Waals surface area contributed by atoms with Gasteiger partial charge in [-0.1, -0.05) is 19.3 Å². The van der Waals surface area contributed by atoms with Gasteiger partial charge in [-0.2, -0.15) is 5.10 Å². The van der Waals surface area contributed by atoms with E-state index in [1.54, 1.807) is 0 Å². The molecular formula is C37H53N5O4. The molecule has 2 amide bonds. The summed E-state index contributed by atoms with van der Waals surface area (Å²) in [5.74, 6) is 1.50. The summed E-state index contributed by atoms with van der Waals surface area (Å²) in [6.07, 6.45) is 23.6. The first-order chi connectivity index (χ1) is 22.2. The quantitative estimate of drug-likeness (QED) is 0.317. The number of aliphatic hydroxyl groups is 1. The van der Waals surface area contributed by atoms with E-state index in [1.807, 2.05) is 17.1 Å². The van der Waals surface area contributed by atoms with Crippen LogP contribution in [0.1, 0.15) is 122 Å². The number of β-amino-alcohol motifs (C(OH)–C–C–N with tert-alkyl or cyclic N) is 1. The smallest absolute Gasteiger partial charge is 0.410 e. The fourth-order valence-electron chi connectivity index (χ4n) is 9.55. The van der Waals surface area contributed by atoms with Gasteiger partial charge >= 0.3 is 6.09 Å². The Balaban J connectivity index is 1.06. The topological polar surface area (TPSA) is 110 Å². The fourth-order valence-corrected chi connectivity index (χ4v) is 9.55. The van der Waals surface area contributed by atoms with Crippen LogP contribution in [0.25, 0.3) is 11.1 Å². The molecule has 9 nitrogen and oxygen atoms in total. The second kappa shape index (κ2) is 12.9. The van der Waals surface area contributed by atoms with Crippen molar-refractivity contribution in [3.05, 3.63) is 30.2 Å². The van der Waals surface area contributed by atoms with Crippen LogP contribution in [-0.2, 0) is 16.0 Å². The van der Waals surface area contributed by atoms with Gasteiger partial charge in [-0.3, -0.25) is 9.48 Å². The van der Waals surface area contributed by atoms with Crippen LogP contribution >= 0.6 is 0 Å². The summed E-state index contributed by atoms with van der Waals surface area (Å²) in [6, 6.07) is 2.38. The number of carbonyl (C=O) groups excluding carboxylic acids is 2. The molecule has 9 heteroatoms. The van der Waals surface area contributed by atoms with Crippen LogP contribution in [-0.4, -0.2) is 62.1 Å². The first kappa shape index (κ1) is 31.6. The SMILES string of the molecule is CC(C)n1cc(-c2ccnc(NC(=O)C3CCC(OC(=O)N4CC(O)C4)CC3)c2CC23CCC(C4CCCCC4)(CC2)CC3)cn1. The first-order valence-electron chi connectivity index (χ1n) is 18.2. The van der Waals surface area contributed by atoms with E-state index in [0.29, 0.717) is 50.0 Å². The highest BCUT2D eigenvalue weighted by molar-refractivity contribution is 5.93. The summed E-state index contributed by atoms with van der Waals surface area (Å²) >= 11 is 0. The summed E-state index contributed by atoms with van der Waals surface area (Å²) in [7, 11) is 0. The molecule has 8 rings (SSSR count). The molecule has 46 heavy (non-hydrogen) atoms. The third-order valence-corrected chi connectivity index (χ3v) is 12.7. The molecule has 2 bridgehead atoms. The van der Waals surface area contributed by atoms with Crippen molar-refractivity contribution in [2.24, 2.45) is 22.7 Å². The van der Waals surface area contributed by atoms with Crippen LogP contribution in [0, 0.1) is 22.7 Å². The highest BCUT2D eigenvalue weighted by Crippen LogP contribution is 2.63. The standard InChI is InChI=1S/C37H53N5O4/c1-25(2)42-22-27(21-39-42)31-12-19-38-33(40-34(44)26-8-10-30(11-9-26)46-35(45)41-23-29(43)24-41)32(31)20-36-13-16-37(17-14-36,18-15-36)28-6-4-3-5-7-28/h12,19,21-22,25-26,28-30,43H,3-11,13-18,20,23-24H2,1-2H3,(H,38,40,44). The third kappa shape index (κ3) is 6.33. The van der Waals surface area contributed by atoms with Crippen LogP contribution in [0.5, 0.6) is 0 Å². The van der Waals surface area contributed by atoms with Crippen LogP contribution in [0.15, 0.2) is 24.7 Å². The number of hydrogen-bond acceptors (Lipinski definition) is 6. The molecule has 0 aromatic carbocycles. The number of likely N-dealkylation sites (tertiary alicyclic amines) is 1. The number of nitrogens with one attached hydrogen (secondary N) is 1. The van der Waals surface area contributed by atoms with E-state index < -0.39 is 6.10 Å². The number of ether oxygens (including phenoxy) is 1. The number of pyridine rings is 1. The minimum absolute atomic E-state index is 0.0144.